The number of nitrogens with two attached hydrogens (primary N) is 1. The number of hydrogen-bond donors (Lipinski definition) is 1. The van der Waals surface area contributed by atoms with Gasteiger partial charge in [0.1, 0.15) is 9.84 Å². The second-order valence-corrected chi connectivity index (χ2v) is 7.93. The maximum Gasteiger partial charge on any atom is 0.150 e. The van der Waals surface area contributed by atoms with Crippen LogP contribution in [-0.4, -0.2) is 26.5 Å². The summed E-state index contributed by atoms with van der Waals surface area (Å²) in [6.45, 7) is 4.77. The first kappa shape index (κ1) is 15.0. The molecule has 2 atom stereocenters. The number of sulfone groups is 1. The second-order valence-electron chi connectivity index (χ2n) is 5.62. The first-order valence-corrected chi connectivity index (χ1v) is 8.69. The molecule has 1 aliphatic rings. The fourth-order valence-electron chi connectivity index (χ4n) is 2.97. The highest BCUT2D eigenvalue weighted by atomic mass is 32.2. The molecule has 3 nitrogen and oxygen atoms in total. The molecular weight excluding hydrogens is 234 g/mol. The molecule has 4 heteroatoms. The van der Waals surface area contributed by atoms with Crippen LogP contribution < -0.4 is 5.73 Å². The molecule has 0 amide bonds. The summed E-state index contributed by atoms with van der Waals surface area (Å²) in [4.78, 5) is 0. The van der Waals surface area contributed by atoms with Crippen molar-refractivity contribution in [2.45, 2.75) is 52.4 Å². The van der Waals surface area contributed by atoms with E-state index in [0.717, 1.165) is 31.6 Å². The lowest BCUT2D eigenvalue weighted by Gasteiger charge is -2.27. The van der Waals surface area contributed by atoms with Gasteiger partial charge < -0.3 is 5.73 Å². The van der Waals surface area contributed by atoms with Crippen molar-refractivity contribution in [3.63, 3.8) is 0 Å². The molecule has 0 saturated heterocycles. The van der Waals surface area contributed by atoms with Crippen LogP contribution in [-0.2, 0) is 9.84 Å². The minimum atomic E-state index is -2.85. The van der Waals surface area contributed by atoms with E-state index in [1.807, 2.05) is 6.92 Å². The Labute approximate surface area is 106 Å². The Kier molecular flexibility index (Phi) is 5.45. The molecule has 102 valence electrons. The zero-order chi connectivity index (χ0) is 12.9. The molecule has 0 aromatic carbocycles. The Hall–Kier alpha value is -0.0900. The molecule has 0 radical (unpaired) electrons. The monoisotopic (exact) mass is 261 g/mol. The van der Waals surface area contributed by atoms with Crippen molar-refractivity contribution in [2.75, 3.05) is 18.1 Å². The van der Waals surface area contributed by atoms with Crippen molar-refractivity contribution in [2.24, 2.45) is 17.1 Å². The summed E-state index contributed by atoms with van der Waals surface area (Å²) in [6, 6.07) is 0. The van der Waals surface area contributed by atoms with Crippen LogP contribution in [0.15, 0.2) is 0 Å². The Bertz CT molecular complexity index is 326. The highest BCUT2D eigenvalue weighted by Crippen LogP contribution is 2.45. The molecule has 0 aromatic rings. The van der Waals surface area contributed by atoms with Crippen molar-refractivity contribution in [3.05, 3.63) is 0 Å². The van der Waals surface area contributed by atoms with Gasteiger partial charge in [-0.25, -0.2) is 8.42 Å². The third-order valence-corrected chi connectivity index (χ3v) is 6.13. The summed E-state index contributed by atoms with van der Waals surface area (Å²) in [5, 5.41) is 0. The highest BCUT2D eigenvalue weighted by Gasteiger charge is 2.37. The third kappa shape index (κ3) is 4.25. The van der Waals surface area contributed by atoms with Crippen molar-refractivity contribution in [1.29, 1.82) is 0 Å². The molecular formula is C13H27NO2S. The minimum absolute atomic E-state index is 0.113. The summed E-state index contributed by atoms with van der Waals surface area (Å²) in [7, 11) is -2.85. The fourth-order valence-corrected chi connectivity index (χ4v) is 4.55. The van der Waals surface area contributed by atoms with E-state index >= 15 is 0 Å². The van der Waals surface area contributed by atoms with E-state index in [0.29, 0.717) is 18.1 Å². The van der Waals surface area contributed by atoms with E-state index < -0.39 is 9.84 Å². The Morgan fingerprint density at radius 1 is 1.29 bits per heavy atom. The third-order valence-electron chi connectivity index (χ3n) is 4.27. The van der Waals surface area contributed by atoms with Gasteiger partial charge in [0.25, 0.3) is 0 Å². The van der Waals surface area contributed by atoms with E-state index in [2.05, 4.69) is 6.92 Å². The molecule has 17 heavy (non-hydrogen) atoms. The average Bonchev–Trinajstić information content (AvgIpc) is 2.71. The Morgan fingerprint density at radius 3 is 2.47 bits per heavy atom. The van der Waals surface area contributed by atoms with Crippen molar-refractivity contribution >= 4 is 9.84 Å². The van der Waals surface area contributed by atoms with Crippen LogP contribution in [0.1, 0.15) is 52.4 Å². The van der Waals surface area contributed by atoms with Gasteiger partial charge in [-0.05, 0) is 50.0 Å². The van der Waals surface area contributed by atoms with Gasteiger partial charge in [0.2, 0.25) is 0 Å². The van der Waals surface area contributed by atoms with Crippen molar-refractivity contribution in [1.82, 2.24) is 0 Å². The maximum absolute atomic E-state index is 11.8. The molecule has 1 rings (SSSR count). The maximum atomic E-state index is 11.8. The van der Waals surface area contributed by atoms with Gasteiger partial charge in [0, 0.05) is 5.75 Å². The standard InChI is InChI=1S/C13H27NO2S/c1-3-8-17(15,16)9-7-13(11-14)6-5-12(4-2)10-13/h12H,3-11,14H2,1-2H3. The summed E-state index contributed by atoms with van der Waals surface area (Å²) in [5.41, 5.74) is 6.01. The molecule has 1 saturated carbocycles. The zero-order valence-electron chi connectivity index (χ0n) is 11.2. The molecule has 1 fully saturated rings. The smallest absolute Gasteiger partial charge is 0.150 e. The summed E-state index contributed by atoms with van der Waals surface area (Å²) >= 11 is 0. The van der Waals surface area contributed by atoms with Gasteiger partial charge in [-0.1, -0.05) is 20.3 Å². The van der Waals surface area contributed by atoms with E-state index in [9.17, 15) is 8.42 Å². The first-order chi connectivity index (χ1) is 7.97. The Morgan fingerprint density at radius 2 is 2.00 bits per heavy atom. The van der Waals surface area contributed by atoms with E-state index in [1.165, 1.54) is 12.8 Å². The quantitative estimate of drug-likeness (QED) is 0.765. The summed E-state index contributed by atoms with van der Waals surface area (Å²) in [5.74, 6) is 1.41. The lowest BCUT2D eigenvalue weighted by Crippen LogP contribution is -2.30. The molecule has 2 unspecified atom stereocenters. The van der Waals surface area contributed by atoms with Crippen LogP contribution in [0.3, 0.4) is 0 Å². The lowest BCUT2D eigenvalue weighted by atomic mass is 9.82. The van der Waals surface area contributed by atoms with Crippen LogP contribution >= 0.6 is 0 Å². The van der Waals surface area contributed by atoms with Gasteiger partial charge in [-0.2, -0.15) is 0 Å². The van der Waals surface area contributed by atoms with Crippen LogP contribution in [0.4, 0.5) is 0 Å². The van der Waals surface area contributed by atoms with Gasteiger partial charge in [-0.3, -0.25) is 0 Å². The average molecular weight is 261 g/mol. The first-order valence-electron chi connectivity index (χ1n) is 6.87. The molecule has 0 aromatic heterocycles. The van der Waals surface area contributed by atoms with Crippen LogP contribution in [0.25, 0.3) is 0 Å². The minimum Gasteiger partial charge on any atom is -0.330 e. The van der Waals surface area contributed by atoms with Crippen LogP contribution in [0, 0.1) is 11.3 Å². The second kappa shape index (κ2) is 6.19. The molecule has 0 spiro atoms. The lowest BCUT2D eigenvalue weighted by molar-refractivity contribution is 0.282. The van der Waals surface area contributed by atoms with E-state index in [4.69, 9.17) is 5.73 Å². The number of hydrogen-bond acceptors (Lipinski definition) is 3. The molecule has 2 N–H and O–H groups in total. The topological polar surface area (TPSA) is 60.2 Å². The van der Waals surface area contributed by atoms with Gasteiger partial charge in [-0.15, -0.1) is 0 Å². The van der Waals surface area contributed by atoms with Crippen molar-refractivity contribution < 1.29 is 8.42 Å². The normalized spacial score (nSPS) is 29.7. The van der Waals surface area contributed by atoms with E-state index in [1.54, 1.807) is 0 Å². The SMILES string of the molecule is CCCS(=O)(=O)CCC1(CN)CCC(CC)C1. The number of rotatable bonds is 7. The van der Waals surface area contributed by atoms with Crippen LogP contribution in [0.2, 0.25) is 0 Å². The largest absolute Gasteiger partial charge is 0.330 e. The Balaban J connectivity index is 2.54. The predicted molar refractivity (Wildman–Crippen MR) is 72.7 cm³/mol. The highest BCUT2D eigenvalue weighted by molar-refractivity contribution is 7.91. The molecule has 0 bridgehead atoms. The van der Waals surface area contributed by atoms with Crippen molar-refractivity contribution in [3.8, 4) is 0 Å². The molecule has 0 heterocycles. The van der Waals surface area contributed by atoms with Gasteiger partial charge in [0.05, 0.1) is 5.75 Å². The fraction of sp³-hybridized carbons (Fsp3) is 1.00. The van der Waals surface area contributed by atoms with Gasteiger partial charge in [0.15, 0.2) is 0 Å². The molecule has 0 aliphatic heterocycles. The summed E-state index contributed by atoms with van der Waals surface area (Å²) < 4.78 is 23.5. The predicted octanol–water partition coefficient (Wildman–Crippen LogP) is 2.36. The van der Waals surface area contributed by atoms with Gasteiger partial charge >= 0.3 is 0 Å². The van der Waals surface area contributed by atoms with E-state index in [-0.39, 0.29) is 5.41 Å². The molecule has 1 aliphatic carbocycles. The zero-order valence-corrected chi connectivity index (χ0v) is 12.1. The van der Waals surface area contributed by atoms with Crippen LogP contribution in [0.5, 0.6) is 0 Å². The summed E-state index contributed by atoms with van der Waals surface area (Å²) in [6.07, 6.45) is 6.15.